The molecule has 0 spiro atoms. The third-order valence-electron chi connectivity index (χ3n) is 2.98. The van der Waals surface area contributed by atoms with E-state index in [1.54, 1.807) is 18.2 Å². The normalized spacial score (nSPS) is 19.1. The smallest absolute Gasteiger partial charge is 0.339 e. The number of benzene rings is 1. The monoisotopic (exact) mass is 265 g/mol. The molecular formula is C13H12ClNO3. The van der Waals surface area contributed by atoms with Gasteiger partial charge in [0.05, 0.1) is 10.7 Å². The average molecular weight is 266 g/mol. The lowest BCUT2D eigenvalue weighted by Crippen LogP contribution is -2.26. The number of aromatic carboxylic acids is 1. The van der Waals surface area contributed by atoms with E-state index in [0.717, 1.165) is 0 Å². The third-order valence-corrected chi connectivity index (χ3v) is 3.30. The summed E-state index contributed by atoms with van der Waals surface area (Å²) < 4.78 is 0. The number of anilines is 1. The van der Waals surface area contributed by atoms with Crippen molar-refractivity contribution in [1.82, 2.24) is 0 Å². The van der Waals surface area contributed by atoms with Crippen LogP contribution < -0.4 is 4.90 Å². The van der Waals surface area contributed by atoms with E-state index in [1.165, 1.54) is 11.0 Å². The molecule has 1 atom stereocenters. The Morgan fingerprint density at radius 1 is 1.56 bits per heavy atom. The Bertz CT molecular complexity index is 527. The number of carbonyl (C=O) groups is 2. The van der Waals surface area contributed by atoms with Crippen molar-refractivity contribution < 1.29 is 14.7 Å². The first-order valence-electron chi connectivity index (χ1n) is 5.49. The van der Waals surface area contributed by atoms with Crippen LogP contribution in [0.1, 0.15) is 16.8 Å². The summed E-state index contributed by atoms with van der Waals surface area (Å²) in [6.07, 6.45) is 2.07. The zero-order chi connectivity index (χ0) is 13.3. The van der Waals surface area contributed by atoms with Crippen LogP contribution in [0.5, 0.6) is 0 Å². The van der Waals surface area contributed by atoms with Gasteiger partial charge in [-0.2, -0.15) is 0 Å². The maximum absolute atomic E-state index is 11.9. The molecule has 18 heavy (non-hydrogen) atoms. The van der Waals surface area contributed by atoms with Gasteiger partial charge < -0.3 is 10.0 Å². The summed E-state index contributed by atoms with van der Waals surface area (Å²) in [5.74, 6) is -1.19. The molecule has 1 aliphatic heterocycles. The number of rotatable bonds is 3. The predicted molar refractivity (Wildman–Crippen MR) is 69.1 cm³/mol. The molecule has 1 saturated heterocycles. The minimum atomic E-state index is -1.13. The standard InChI is InChI=1S/C13H12ClNO3/c1-2-8-6-11(16)15(7-8)10-5-3-4-9(14)12(10)13(17)18/h2-5,8H,1,6-7H2,(H,17,18). The number of hydrogen-bond acceptors (Lipinski definition) is 2. The van der Waals surface area contributed by atoms with E-state index in [2.05, 4.69) is 6.58 Å². The highest BCUT2D eigenvalue weighted by molar-refractivity contribution is 6.34. The Morgan fingerprint density at radius 3 is 2.83 bits per heavy atom. The molecular weight excluding hydrogens is 254 g/mol. The number of carboxylic acid groups (broad SMARTS) is 1. The molecule has 94 valence electrons. The number of carbonyl (C=O) groups excluding carboxylic acids is 1. The molecule has 0 aliphatic carbocycles. The van der Waals surface area contributed by atoms with Crippen LogP contribution in [0, 0.1) is 5.92 Å². The van der Waals surface area contributed by atoms with Gasteiger partial charge in [0.15, 0.2) is 0 Å². The van der Waals surface area contributed by atoms with E-state index in [4.69, 9.17) is 11.6 Å². The van der Waals surface area contributed by atoms with Gasteiger partial charge in [0.1, 0.15) is 5.56 Å². The first kappa shape index (κ1) is 12.6. The molecule has 0 bridgehead atoms. The van der Waals surface area contributed by atoms with Gasteiger partial charge in [0, 0.05) is 18.9 Å². The highest BCUT2D eigenvalue weighted by Crippen LogP contribution is 2.32. The van der Waals surface area contributed by atoms with E-state index >= 15 is 0 Å². The topological polar surface area (TPSA) is 57.6 Å². The Labute approximate surface area is 109 Å². The van der Waals surface area contributed by atoms with Crippen LogP contribution >= 0.6 is 11.6 Å². The lowest BCUT2D eigenvalue weighted by atomic mass is 10.1. The first-order chi connectivity index (χ1) is 8.54. The van der Waals surface area contributed by atoms with E-state index in [-0.39, 0.29) is 22.4 Å². The Morgan fingerprint density at radius 2 is 2.28 bits per heavy atom. The minimum Gasteiger partial charge on any atom is -0.478 e. The molecule has 1 aromatic rings. The van der Waals surface area contributed by atoms with Crippen LogP contribution in [0.15, 0.2) is 30.9 Å². The van der Waals surface area contributed by atoms with Crippen molar-refractivity contribution >= 4 is 29.2 Å². The predicted octanol–water partition coefficient (Wildman–Crippen LogP) is 2.58. The molecule has 1 aliphatic rings. The fraction of sp³-hybridized carbons (Fsp3) is 0.231. The molecule has 1 heterocycles. The molecule has 1 fully saturated rings. The molecule has 1 amide bonds. The fourth-order valence-corrected chi connectivity index (χ4v) is 2.33. The average Bonchev–Trinajstić information content (AvgIpc) is 2.69. The summed E-state index contributed by atoms with van der Waals surface area (Å²) in [4.78, 5) is 24.5. The maximum Gasteiger partial charge on any atom is 0.339 e. The second kappa shape index (κ2) is 4.82. The lowest BCUT2D eigenvalue weighted by molar-refractivity contribution is -0.117. The number of halogens is 1. The van der Waals surface area contributed by atoms with Crippen molar-refractivity contribution in [3.05, 3.63) is 41.4 Å². The van der Waals surface area contributed by atoms with Crippen LogP contribution in [0.3, 0.4) is 0 Å². The SMILES string of the molecule is C=CC1CC(=O)N(c2cccc(Cl)c2C(=O)O)C1. The van der Waals surface area contributed by atoms with Crippen LogP contribution in [-0.2, 0) is 4.79 Å². The Balaban J connectivity index is 2.46. The molecule has 0 saturated carbocycles. The largest absolute Gasteiger partial charge is 0.478 e. The van der Waals surface area contributed by atoms with Gasteiger partial charge >= 0.3 is 5.97 Å². The van der Waals surface area contributed by atoms with Crippen molar-refractivity contribution in [3.63, 3.8) is 0 Å². The number of amides is 1. The van der Waals surface area contributed by atoms with Crippen LogP contribution in [0.4, 0.5) is 5.69 Å². The van der Waals surface area contributed by atoms with Gasteiger partial charge in [0.2, 0.25) is 5.91 Å². The van der Waals surface area contributed by atoms with Gasteiger partial charge in [-0.05, 0) is 12.1 Å². The van der Waals surface area contributed by atoms with Crippen molar-refractivity contribution in [1.29, 1.82) is 0 Å². The molecule has 2 rings (SSSR count). The fourth-order valence-electron chi connectivity index (χ4n) is 2.08. The summed E-state index contributed by atoms with van der Waals surface area (Å²) >= 11 is 5.88. The second-order valence-electron chi connectivity index (χ2n) is 4.14. The molecule has 5 heteroatoms. The summed E-state index contributed by atoms with van der Waals surface area (Å²) in [6, 6.07) is 4.73. The highest BCUT2D eigenvalue weighted by atomic mass is 35.5. The Hall–Kier alpha value is -1.81. The molecule has 0 radical (unpaired) electrons. The van der Waals surface area contributed by atoms with E-state index in [0.29, 0.717) is 18.7 Å². The summed E-state index contributed by atoms with van der Waals surface area (Å²) in [7, 11) is 0. The summed E-state index contributed by atoms with van der Waals surface area (Å²) in [5.41, 5.74) is 0.321. The molecule has 0 aromatic heterocycles. The van der Waals surface area contributed by atoms with Gasteiger partial charge in [-0.25, -0.2) is 4.79 Å². The zero-order valence-corrected chi connectivity index (χ0v) is 10.4. The van der Waals surface area contributed by atoms with Crippen LogP contribution in [-0.4, -0.2) is 23.5 Å². The van der Waals surface area contributed by atoms with Crippen molar-refractivity contribution in [2.75, 3.05) is 11.4 Å². The van der Waals surface area contributed by atoms with Crippen molar-refractivity contribution in [2.45, 2.75) is 6.42 Å². The Kier molecular flexibility index (Phi) is 3.39. The maximum atomic E-state index is 11.9. The lowest BCUT2D eigenvalue weighted by Gasteiger charge is -2.19. The summed E-state index contributed by atoms with van der Waals surface area (Å²) in [5, 5.41) is 9.31. The van der Waals surface area contributed by atoms with Crippen molar-refractivity contribution in [2.24, 2.45) is 5.92 Å². The van der Waals surface area contributed by atoms with E-state index in [1.807, 2.05) is 0 Å². The van der Waals surface area contributed by atoms with Crippen LogP contribution in [0.2, 0.25) is 5.02 Å². The molecule has 1 N–H and O–H groups in total. The second-order valence-corrected chi connectivity index (χ2v) is 4.55. The molecule has 4 nitrogen and oxygen atoms in total. The van der Waals surface area contributed by atoms with E-state index in [9.17, 15) is 14.7 Å². The zero-order valence-electron chi connectivity index (χ0n) is 9.60. The first-order valence-corrected chi connectivity index (χ1v) is 5.87. The van der Waals surface area contributed by atoms with Gasteiger partial charge in [-0.3, -0.25) is 4.79 Å². The number of nitrogens with zero attached hydrogens (tertiary/aromatic N) is 1. The van der Waals surface area contributed by atoms with E-state index < -0.39 is 5.97 Å². The van der Waals surface area contributed by atoms with Gasteiger partial charge in [-0.1, -0.05) is 23.7 Å². The molecule has 1 unspecified atom stereocenters. The minimum absolute atomic E-state index is 0.0303. The third kappa shape index (κ3) is 2.11. The quantitative estimate of drug-likeness (QED) is 0.855. The highest BCUT2D eigenvalue weighted by Gasteiger charge is 2.31. The number of hydrogen-bond donors (Lipinski definition) is 1. The van der Waals surface area contributed by atoms with Gasteiger partial charge in [-0.15, -0.1) is 6.58 Å². The van der Waals surface area contributed by atoms with Crippen LogP contribution in [0.25, 0.3) is 0 Å². The molecule has 1 aromatic carbocycles. The summed E-state index contributed by atoms with van der Waals surface area (Å²) in [6.45, 7) is 4.11. The van der Waals surface area contributed by atoms with Gasteiger partial charge in [0.25, 0.3) is 0 Å². The van der Waals surface area contributed by atoms with Crippen molar-refractivity contribution in [3.8, 4) is 0 Å². The number of carboxylic acids is 1.